The Morgan fingerprint density at radius 1 is 1.25 bits per heavy atom. The Balaban J connectivity index is 3.09. The Morgan fingerprint density at radius 3 is 2.40 bits per heavy atom. The lowest BCUT2D eigenvalue weighted by Crippen LogP contribution is -2.38. The molecule has 1 rings (SSSR count). The first kappa shape index (κ1) is 16.6. The summed E-state index contributed by atoms with van der Waals surface area (Å²) in [7, 11) is 0. The second kappa shape index (κ2) is 7.33. The Bertz CT molecular complexity index is 418. The zero-order valence-corrected chi connectivity index (χ0v) is 12.6. The average molecular weight is 280 g/mol. The molecule has 0 aromatic carbocycles. The van der Waals surface area contributed by atoms with Crippen LogP contribution in [-0.4, -0.2) is 23.5 Å². The third kappa shape index (κ3) is 3.15. The van der Waals surface area contributed by atoms with E-state index in [2.05, 4.69) is 19.8 Å². The van der Waals surface area contributed by atoms with Crippen molar-refractivity contribution in [1.29, 1.82) is 0 Å². The second-order valence-electron chi connectivity index (χ2n) is 5.49. The van der Waals surface area contributed by atoms with Gasteiger partial charge in [0.15, 0.2) is 0 Å². The molecule has 0 aromatic heterocycles. The van der Waals surface area contributed by atoms with Gasteiger partial charge in [0, 0.05) is 5.92 Å². The van der Waals surface area contributed by atoms with Gasteiger partial charge >= 0.3 is 5.97 Å². The standard InChI is InChI=1S/C16H24O4/c1-4-7-13-11-16(10-12(13)5-2,14(18)8-9-17)15(19)20-6-3/h12-13,17H,4-7,10-11H2,1-3H3. The van der Waals surface area contributed by atoms with Crippen molar-refractivity contribution in [3.63, 3.8) is 0 Å². The van der Waals surface area contributed by atoms with Crippen LogP contribution in [0.2, 0.25) is 0 Å². The molecule has 3 atom stereocenters. The van der Waals surface area contributed by atoms with Gasteiger partial charge in [-0.2, -0.15) is 0 Å². The molecule has 0 saturated heterocycles. The zero-order chi connectivity index (χ0) is 15.2. The van der Waals surface area contributed by atoms with Crippen molar-refractivity contribution in [2.24, 2.45) is 17.3 Å². The van der Waals surface area contributed by atoms with E-state index in [1.165, 1.54) is 0 Å². The summed E-state index contributed by atoms with van der Waals surface area (Å²) in [6.07, 6.45) is 5.58. The van der Waals surface area contributed by atoms with Crippen LogP contribution < -0.4 is 0 Å². The predicted octanol–water partition coefficient (Wildman–Crippen LogP) is 2.67. The first-order valence-electron chi connectivity index (χ1n) is 7.42. The molecule has 1 aliphatic carbocycles. The van der Waals surface area contributed by atoms with E-state index < -0.39 is 17.2 Å². The smallest absolute Gasteiger partial charge is 0.320 e. The number of aliphatic hydroxyl groups is 1. The molecule has 0 aliphatic heterocycles. The van der Waals surface area contributed by atoms with Crippen molar-refractivity contribution in [3.05, 3.63) is 0 Å². The van der Waals surface area contributed by atoms with Gasteiger partial charge in [0.1, 0.15) is 11.5 Å². The number of rotatable bonds is 6. The maximum absolute atomic E-state index is 12.3. The van der Waals surface area contributed by atoms with Crippen LogP contribution in [0.15, 0.2) is 0 Å². The summed E-state index contributed by atoms with van der Waals surface area (Å²) in [5, 5.41) is 8.68. The normalized spacial score (nSPS) is 28.6. The molecule has 0 heterocycles. The first-order chi connectivity index (χ1) is 9.55. The molecule has 3 unspecified atom stereocenters. The quantitative estimate of drug-likeness (QED) is 0.461. The van der Waals surface area contributed by atoms with E-state index in [1.807, 2.05) is 0 Å². The number of carbonyl (C=O) groups is 2. The Morgan fingerprint density at radius 2 is 1.90 bits per heavy atom. The van der Waals surface area contributed by atoms with Crippen LogP contribution in [-0.2, 0) is 14.3 Å². The van der Waals surface area contributed by atoms with E-state index in [0.29, 0.717) is 24.7 Å². The van der Waals surface area contributed by atoms with E-state index in [0.717, 1.165) is 19.3 Å². The fourth-order valence-corrected chi connectivity index (χ4v) is 3.38. The molecule has 112 valence electrons. The predicted molar refractivity (Wildman–Crippen MR) is 75.2 cm³/mol. The lowest BCUT2D eigenvalue weighted by Gasteiger charge is -2.23. The van der Waals surface area contributed by atoms with Gasteiger partial charge in [0.25, 0.3) is 0 Å². The van der Waals surface area contributed by atoms with Crippen LogP contribution in [0.5, 0.6) is 0 Å². The fourth-order valence-electron chi connectivity index (χ4n) is 3.38. The van der Waals surface area contributed by atoms with Crippen molar-refractivity contribution < 1.29 is 19.4 Å². The number of hydrogen-bond donors (Lipinski definition) is 1. The monoisotopic (exact) mass is 280 g/mol. The number of ketones is 1. The molecule has 1 fully saturated rings. The summed E-state index contributed by atoms with van der Waals surface area (Å²) in [6, 6.07) is 0. The number of aliphatic hydroxyl groups excluding tert-OH is 1. The minimum atomic E-state index is -1.17. The van der Waals surface area contributed by atoms with Crippen LogP contribution in [0.25, 0.3) is 0 Å². The summed E-state index contributed by atoms with van der Waals surface area (Å²) in [6.45, 7) is 6.16. The highest BCUT2D eigenvalue weighted by Crippen LogP contribution is 2.50. The van der Waals surface area contributed by atoms with Gasteiger partial charge in [-0.1, -0.05) is 33.1 Å². The third-order valence-electron chi connectivity index (χ3n) is 4.34. The maximum Gasteiger partial charge on any atom is 0.320 e. The summed E-state index contributed by atoms with van der Waals surface area (Å²) >= 11 is 0. The molecule has 4 heteroatoms. The van der Waals surface area contributed by atoms with E-state index in [4.69, 9.17) is 9.84 Å². The van der Waals surface area contributed by atoms with Crippen molar-refractivity contribution in [1.82, 2.24) is 0 Å². The van der Waals surface area contributed by atoms with Crippen LogP contribution in [0, 0.1) is 29.3 Å². The van der Waals surface area contributed by atoms with Crippen LogP contribution in [0.3, 0.4) is 0 Å². The van der Waals surface area contributed by atoms with Gasteiger partial charge in [0.05, 0.1) is 6.61 Å². The lowest BCUT2D eigenvalue weighted by molar-refractivity contribution is -0.158. The molecule has 20 heavy (non-hydrogen) atoms. The molecule has 1 N–H and O–H groups in total. The van der Waals surface area contributed by atoms with Crippen molar-refractivity contribution in [2.75, 3.05) is 6.61 Å². The Hall–Kier alpha value is -1.50. The van der Waals surface area contributed by atoms with Crippen LogP contribution in [0.1, 0.15) is 52.9 Å². The van der Waals surface area contributed by atoms with Gasteiger partial charge in [0.2, 0.25) is 5.78 Å². The SMILES string of the molecule is CCCC1CC(C(=O)C#CO)(C(=O)OCC)CC1CC. The number of hydrogen-bond acceptors (Lipinski definition) is 4. The van der Waals surface area contributed by atoms with E-state index >= 15 is 0 Å². The topological polar surface area (TPSA) is 63.6 Å². The van der Waals surface area contributed by atoms with Gasteiger partial charge in [-0.25, -0.2) is 0 Å². The van der Waals surface area contributed by atoms with Gasteiger partial charge in [-0.15, -0.1) is 0 Å². The molecule has 0 radical (unpaired) electrons. The molecule has 4 nitrogen and oxygen atoms in total. The molecular formula is C16H24O4. The molecule has 0 bridgehead atoms. The van der Waals surface area contributed by atoms with Gasteiger partial charge in [-0.05, 0) is 31.6 Å². The zero-order valence-electron chi connectivity index (χ0n) is 12.6. The number of esters is 1. The fraction of sp³-hybridized carbons (Fsp3) is 0.750. The number of carbonyl (C=O) groups excluding carboxylic acids is 2. The van der Waals surface area contributed by atoms with Crippen molar-refractivity contribution >= 4 is 11.8 Å². The maximum atomic E-state index is 12.3. The van der Waals surface area contributed by atoms with Crippen molar-refractivity contribution in [2.45, 2.75) is 52.9 Å². The summed E-state index contributed by atoms with van der Waals surface area (Å²) < 4.78 is 5.11. The first-order valence-corrected chi connectivity index (χ1v) is 7.42. The molecule has 0 spiro atoms. The summed E-state index contributed by atoms with van der Waals surface area (Å²) in [5.74, 6) is 1.84. The highest BCUT2D eigenvalue weighted by atomic mass is 16.5. The molecule has 1 aliphatic rings. The van der Waals surface area contributed by atoms with Gasteiger partial charge in [-0.3, -0.25) is 9.59 Å². The summed E-state index contributed by atoms with van der Waals surface area (Å²) in [5.41, 5.74) is -1.17. The van der Waals surface area contributed by atoms with E-state index in [-0.39, 0.29) is 6.61 Å². The van der Waals surface area contributed by atoms with E-state index in [1.54, 1.807) is 13.0 Å². The van der Waals surface area contributed by atoms with Crippen molar-refractivity contribution in [3.8, 4) is 12.0 Å². The third-order valence-corrected chi connectivity index (χ3v) is 4.34. The lowest BCUT2D eigenvalue weighted by atomic mass is 9.80. The number of ether oxygens (including phenoxy) is 1. The Kier molecular flexibility index (Phi) is 6.06. The molecule has 0 aromatic rings. The van der Waals surface area contributed by atoms with Crippen LogP contribution >= 0.6 is 0 Å². The van der Waals surface area contributed by atoms with Crippen LogP contribution in [0.4, 0.5) is 0 Å². The molecule has 1 saturated carbocycles. The molecular weight excluding hydrogens is 256 g/mol. The minimum Gasteiger partial charge on any atom is -0.465 e. The highest BCUT2D eigenvalue weighted by Gasteiger charge is 2.54. The number of Topliss-reactive ketones (excluding diaryl/α,β-unsaturated/α-hetero) is 1. The molecule has 0 amide bonds. The summed E-state index contributed by atoms with van der Waals surface area (Å²) in [4.78, 5) is 24.6. The van der Waals surface area contributed by atoms with E-state index in [9.17, 15) is 9.59 Å². The largest absolute Gasteiger partial charge is 0.465 e. The Labute approximate surface area is 120 Å². The minimum absolute atomic E-state index is 0.246. The average Bonchev–Trinajstić information content (AvgIpc) is 2.80. The second-order valence-corrected chi connectivity index (χ2v) is 5.49. The van der Waals surface area contributed by atoms with Gasteiger partial charge < -0.3 is 9.84 Å². The highest BCUT2D eigenvalue weighted by molar-refractivity contribution is 6.12.